The molecule has 0 spiro atoms. The molecule has 3 nitrogen and oxygen atoms in total. The Hall–Kier alpha value is -1.84. The highest BCUT2D eigenvalue weighted by Crippen LogP contribution is 2.28. The van der Waals surface area contributed by atoms with Crippen LogP contribution in [-0.4, -0.2) is 26.9 Å². The standard InChI is InChI=1S/C18H23NO2/c1-3-4-12-21-18-10-9-15-7-5-6-8-16(15)17(18)14-19-11-13-20-2/h3,5-10,19H,1,4,11-14H2,2H3. The summed E-state index contributed by atoms with van der Waals surface area (Å²) in [6, 6.07) is 12.6. The van der Waals surface area contributed by atoms with Crippen molar-refractivity contribution in [2.45, 2.75) is 13.0 Å². The van der Waals surface area contributed by atoms with Crippen LogP contribution in [0.15, 0.2) is 49.1 Å². The summed E-state index contributed by atoms with van der Waals surface area (Å²) in [7, 11) is 1.71. The zero-order chi connectivity index (χ0) is 14.9. The quantitative estimate of drug-likeness (QED) is 0.565. The van der Waals surface area contributed by atoms with Gasteiger partial charge in [-0.15, -0.1) is 6.58 Å². The number of benzene rings is 2. The summed E-state index contributed by atoms with van der Waals surface area (Å²) >= 11 is 0. The number of hydrogen-bond donors (Lipinski definition) is 1. The second-order valence-corrected chi connectivity index (χ2v) is 4.86. The zero-order valence-electron chi connectivity index (χ0n) is 12.6. The van der Waals surface area contributed by atoms with Gasteiger partial charge in [0.05, 0.1) is 13.2 Å². The van der Waals surface area contributed by atoms with Gasteiger partial charge in [0.25, 0.3) is 0 Å². The van der Waals surface area contributed by atoms with E-state index in [9.17, 15) is 0 Å². The van der Waals surface area contributed by atoms with Crippen molar-refractivity contribution in [3.05, 3.63) is 54.6 Å². The highest BCUT2D eigenvalue weighted by molar-refractivity contribution is 5.87. The molecule has 0 aliphatic carbocycles. The van der Waals surface area contributed by atoms with Crippen molar-refractivity contribution in [2.24, 2.45) is 0 Å². The predicted octanol–water partition coefficient (Wildman–Crippen LogP) is 3.53. The minimum absolute atomic E-state index is 0.660. The van der Waals surface area contributed by atoms with E-state index in [1.54, 1.807) is 7.11 Å². The van der Waals surface area contributed by atoms with E-state index >= 15 is 0 Å². The van der Waals surface area contributed by atoms with Crippen LogP contribution in [0.25, 0.3) is 10.8 Å². The molecule has 0 saturated carbocycles. The molecular weight excluding hydrogens is 262 g/mol. The summed E-state index contributed by atoms with van der Waals surface area (Å²) in [4.78, 5) is 0. The molecule has 0 aromatic heterocycles. The van der Waals surface area contributed by atoms with Gasteiger partial charge < -0.3 is 14.8 Å². The number of methoxy groups -OCH3 is 1. The Kier molecular flexibility index (Phi) is 6.25. The molecule has 0 atom stereocenters. The fraction of sp³-hybridized carbons (Fsp3) is 0.333. The highest BCUT2D eigenvalue weighted by atomic mass is 16.5. The van der Waals surface area contributed by atoms with Crippen LogP contribution in [0.4, 0.5) is 0 Å². The maximum atomic E-state index is 5.90. The summed E-state index contributed by atoms with van der Waals surface area (Å²) in [5.74, 6) is 0.945. The number of hydrogen-bond acceptors (Lipinski definition) is 3. The van der Waals surface area contributed by atoms with Crippen molar-refractivity contribution in [3.8, 4) is 5.75 Å². The largest absolute Gasteiger partial charge is 0.493 e. The van der Waals surface area contributed by atoms with Crippen molar-refractivity contribution < 1.29 is 9.47 Å². The van der Waals surface area contributed by atoms with Crippen molar-refractivity contribution >= 4 is 10.8 Å². The monoisotopic (exact) mass is 285 g/mol. The minimum atomic E-state index is 0.660. The molecule has 0 unspecified atom stereocenters. The molecular formula is C18H23NO2. The van der Waals surface area contributed by atoms with Crippen LogP contribution in [0.2, 0.25) is 0 Å². The Bertz CT molecular complexity index is 580. The van der Waals surface area contributed by atoms with Gasteiger partial charge in [-0.05, 0) is 23.3 Å². The fourth-order valence-electron chi connectivity index (χ4n) is 2.27. The van der Waals surface area contributed by atoms with E-state index in [1.165, 1.54) is 16.3 Å². The van der Waals surface area contributed by atoms with E-state index in [-0.39, 0.29) is 0 Å². The van der Waals surface area contributed by atoms with Gasteiger partial charge in [0, 0.05) is 25.8 Å². The maximum Gasteiger partial charge on any atom is 0.124 e. The summed E-state index contributed by atoms with van der Waals surface area (Å²) in [6.07, 6.45) is 2.72. The molecule has 0 aliphatic rings. The zero-order valence-corrected chi connectivity index (χ0v) is 12.6. The molecule has 0 aliphatic heterocycles. The molecule has 112 valence electrons. The van der Waals surface area contributed by atoms with Gasteiger partial charge in [0.2, 0.25) is 0 Å². The van der Waals surface area contributed by atoms with Crippen LogP contribution in [0.1, 0.15) is 12.0 Å². The summed E-state index contributed by atoms with van der Waals surface area (Å²) in [6.45, 7) is 6.69. The molecule has 0 amide bonds. The van der Waals surface area contributed by atoms with Crippen molar-refractivity contribution in [2.75, 3.05) is 26.9 Å². The first kappa shape index (κ1) is 15.5. The Morgan fingerprint density at radius 3 is 2.81 bits per heavy atom. The molecule has 3 heteroatoms. The predicted molar refractivity (Wildman–Crippen MR) is 87.8 cm³/mol. The van der Waals surface area contributed by atoms with E-state index in [2.05, 4.69) is 48.3 Å². The maximum absolute atomic E-state index is 5.90. The average molecular weight is 285 g/mol. The van der Waals surface area contributed by atoms with Crippen LogP contribution in [-0.2, 0) is 11.3 Å². The summed E-state index contributed by atoms with van der Waals surface area (Å²) < 4.78 is 11.0. The number of rotatable bonds is 9. The molecule has 0 heterocycles. The molecule has 0 bridgehead atoms. The first-order chi connectivity index (χ1) is 10.4. The van der Waals surface area contributed by atoms with E-state index in [1.807, 2.05) is 6.08 Å². The molecule has 0 radical (unpaired) electrons. The SMILES string of the molecule is C=CCCOc1ccc2ccccc2c1CNCCOC. The smallest absolute Gasteiger partial charge is 0.124 e. The molecule has 2 aromatic carbocycles. The molecule has 0 saturated heterocycles. The lowest BCUT2D eigenvalue weighted by Gasteiger charge is -2.14. The van der Waals surface area contributed by atoms with Gasteiger partial charge in [-0.1, -0.05) is 36.4 Å². The van der Waals surface area contributed by atoms with Crippen LogP contribution < -0.4 is 10.1 Å². The van der Waals surface area contributed by atoms with Gasteiger partial charge in [0.1, 0.15) is 5.75 Å². The Morgan fingerprint density at radius 2 is 2.00 bits per heavy atom. The van der Waals surface area contributed by atoms with Crippen molar-refractivity contribution in [1.82, 2.24) is 5.32 Å². The van der Waals surface area contributed by atoms with Gasteiger partial charge in [0.15, 0.2) is 0 Å². The van der Waals surface area contributed by atoms with E-state index < -0.39 is 0 Å². The van der Waals surface area contributed by atoms with E-state index in [0.717, 1.165) is 25.3 Å². The van der Waals surface area contributed by atoms with Crippen LogP contribution in [0.5, 0.6) is 5.75 Å². The van der Waals surface area contributed by atoms with E-state index in [4.69, 9.17) is 9.47 Å². The molecule has 1 N–H and O–H groups in total. The normalized spacial score (nSPS) is 10.7. The Balaban J connectivity index is 2.21. The summed E-state index contributed by atoms with van der Waals surface area (Å²) in [5.41, 5.74) is 1.20. The minimum Gasteiger partial charge on any atom is -0.493 e. The first-order valence-electron chi connectivity index (χ1n) is 7.30. The average Bonchev–Trinajstić information content (AvgIpc) is 2.53. The lowest BCUT2D eigenvalue weighted by molar-refractivity contribution is 0.199. The van der Waals surface area contributed by atoms with E-state index in [0.29, 0.717) is 13.2 Å². The fourth-order valence-corrected chi connectivity index (χ4v) is 2.27. The van der Waals surface area contributed by atoms with Crippen LogP contribution in [0.3, 0.4) is 0 Å². The third kappa shape index (κ3) is 4.31. The Morgan fingerprint density at radius 1 is 1.14 bits per heavy atom. The van der Waals surface area contributed by atoms with Gasteiger partial charge in [-0.3, -0.25) is 0 Å². The second kappa shape index (κ2) is 8.45. The molecule has 21 heavy (non-hydrogen) atoms. The Labute approximate surface area is 126 Å². The third-order valence-corrected chi connectivity index (χ3v) is 3.36. The lowest BCUT2D eigenvalue weighted by Crippen LogP contribution is -2.19. The van der Waals surface area contributed by atoms with Gasteiger partial charge in [-0.25, -0.2) is 0 Å². The van der Waals surface area contributed by atoms with Gasteiger partial charge >= 0.3 is 0 Å². The molecule has 0 fully saturated rings. The van der Waals surface area contributed by atoms with Gasteiger partial charge in [-0.2, -0.15) is 0 Å². The second-order valence-electron chi connectivity index (χ2n) is 4.86. The van der Waals surface area contributed by atoms with Crippen LogP contribution in [0, 0.1) is 0 Å². The topological polar surface area (TPSA) is 30.5 Å². The number of nitrogens with one attached hydrogen (secondary N) is 1. The number of fused-ring (bicyclic) bond motifs is 1. The third-order valence-electron chi connectivity index (χ3n) is 3.36. The van der Waals surface area contributed by atoms with Crippen molar-refractivity contribution in [1.29, 1.82) is 0 Å². The highest BCUT2D eigenvalue weighted by Gasteiger charge is 2.08. The van der Waals surface area contributed by atoms with Crippen LogP contribution >= 0.6 is 0 Å². The first-order valence-corrected chi connectivity index (χ1v) is 7.30. The number of ether oxygens (including phenoxy) is 2. The van der Waals surface area contributed by atoms with Crippen molar-refractivity contribution in [3.63, 3.8) is 0 Å². The lowest BCUT2D eigenvalue weighted by atomic mass is 10.0. The summed E-state index contributed by atoms with van der Waals surface area (Å²) in [5, 5.41) is 5.87. The molecule has 2 aromatic rings. The molecule has 2 rings (SSSR count).